The van der Waals surface area contributed by atoms with Crippen LogP contribution < -0.4 is 5.32 Å². The van der Waals surface area contributed by atoms with Crippen molar-refractivity contribution in [2.75, 3.05) is 0 Å². The van der Waals surface area contributed by atoms with Crippen molar-refractivity contribution in [2.45, 2.75) is 25.9 Å². The summed E-state index contributed by atoms with van der Waals surface area (Å²) in [7, 11) is 1.90. The Morgan fingerprint density at radius 2 is 2.22 bits per heavy atom. The molecule has 1 aromatic carbocycles. The highest BCUT2D eigenvalue weighted by Gasteiger charge is 2.05. The van der Waals surface area contributed by atoms with E-state index in [2.05, 4.69) is 17.3 Å². The maximum absolute atomic E-state index is 13.0. The van der Waals surface area contributed by atoms with Crippen molar-refractivity contribution in [1.29, 1.82) is 0 Å². The highest BCUT2D eigenvalue weighted by atomic mass is 19.1. The molecule has 0 spiro atoms. The van der Waals surface area contributed by atoms with Crippen LogP contribution in [-0.4, -0.2) is 15.8 Å². The van der Waals surface area contributed by atoms with E-state index in [1.165, 1.54) is 6.07 Å². The molecule has 3 nitrogen and oxygen atoms in total. The van der Waals surface area contributed by atoms with E-state index in [-0.39, 0.29) is 11.9 Å². The van der Waals surface area contributed by atoms with Gasteiger partial charge in [0.1, 0.15) is 5.82 Å². The fourth-order valence-corrected chi connectivity index (χ4v) is 1.93. The molecule has 0 fully saturated rings. The zero-order valence-corrected chi connectivity index (χ0v) is 10.7. The van der Waals surface area contributed by atoms with Gasteiger partial charge in [0.25, 0.3) is 0 Å². The van der Waals surface area contributed by atoms with Crippen LogP contribution in [0.1, 0.15) is 18.2 Å². The number of aromatic nitrogens is 2. The minimum atomic E-state index is -0.176. The van der Waals surface area contributed by atoms with Crippen molar-refractivity contribution < 1.29 is 4.39 Å². The number of nitrogens with one attached hydrogen (secondary N) is 1. The van der Waals surface area contributed by atoms with Gasteiger partial charge in [-0.3, -0.25) is 4.68 Å². The van der Waals surface area contributed by atoms with E-state index in [0.29, 0.717) is 0 Å². The molecule has 1 atom stereocenters. The van der Waals surface area contributed by atoms with Gasteiger partial charge in [0.2, 0.25) is 0 Å². The SMILES string of the molecule is CC(Cc1cccc(F)c1)NCc1ccn(C)n1. The van der Waals surface area contributed by atoms with Crippen LogP contribution in [-0.2, 0) is 20.0 Å². The Kier molecular flexibility index (Phi) is 4.10. The van der Waals surface area contributed by atoms with E-state index >= 15 is 0 Å². The molecule has 2 aromatic rings. The van der Waals surface area contributed by atoms with E-state index in [1.54, 1.807) is 16.8 Å². The number of aryl methyl sites for hydroxylation is 1. The van der Waals surface area contributed by atoms with Gasteiger partial charge in [-0.05, 0) is 37.1 Å². The maximum atomic E-state index is 13.0. The summed E-state index contributed by atoms with van der Waals surface area (Å²) in [6, 6.07) is 9.02. The first kappa shape index (κ1) is 12.8. The predicted molar refractivity (Wildman–Crippen MR) is 69.6 cm³/mol. The normalized spacial score (nSPS) is 12.6. The lowest BCUT2D eigenvalue weighted by atomic mass is 10.1. The summed E-state index contributed by atoms with van der Waals surface area (Å²) in [6.45, 7) is 2.82. The first-order valence-corrected chi connectivity index (χ1v) is 6.10. The third-order valence-electron chi connectivity index (χ3n) is 2.83. The van der Waals surface area contributed by atoms with Crippen LogP contribution in [0.5, 0.6) is 0 Å². The van der Waals surface area contributed by atoms with Crippen molar-refractivity contribution in [3.63, 3.8) is 0 Å². The number of benzene rings is 1. The second-order valence-electron chi connectivity index (χ2n) is 4.60. The molecule has 0 saturated carbocycles. The predicted octanol–water partition coefficient (Wildman–Crippen LogP) is 2.28. The largest absolute Gasteiger partial charge is 0.308 e. The van der Waals surface area contributed by atoms with Crippen molar-refractivity contribution >= 4 is 0 Å². The fourth-order valence-electron chi connectivity index (χ4n) is 1.93. The molecule has 96 valence electrons. The Labute approximate surface area is 107 Å². The first-order chi connectivity index (χ1) is 8.63. The molecular formula is C14H18FN3. The lowest BCUT2D eigenvalue weighted by molar-refractivity contribution is 0.534. The van der Waals surface area contributed by atoms with Crippen LogP contribution in [0.25, 0.3) is 0 Å². The van der Waals surface area contributed by atoms with Gasteiger partial charge in [0.05, 0.1) is 5.69 Å². The smallest absolute Gasteiger partial charge is 0.123 e. The number of halogens is 1. The molecule has 18 heavy (non-hydrogen) atoms. The summed E-state index contributed by atoms with van der Waals surface area (Å²) in [5.41, 5.74) is 2.03. The number of nitrogens with zero attached hydrogens (tertiary/aromatic N) is 2. The minimum absolute atomic E-state index is 0.176. The quantitative estimate of drug-likeness (QED) is 0.878. The van der Waals surface area contributed by atoms with Crippen molar-refractivity contribution in [3.8, 4) is 0 Å². The molecule has 1 aromatic heterocycles. The monoisotopic (exact) mass is 247 g/mol. The molecular weight excluding hydrogens is 229 g/mol. The molecule has 0 radical (unpaired) electrons. The Bertz CT molecular complexity index is 507. The molecule has 0 aliphatic carbocycles. The van der Waals surface area contributed by atoms with E-state index in [4.69, 9.17) is 0 Å². The van der Waals surface area contributed by atoms with E-state index in [9.17, 15) is 4.39 Å². The average Bonchev–Trinajstić information content (AvgIpc) is 2.73. The zero-order valence-electron chi connectivity index (χ0n) is 10.7. The molecule has 0 amide bonds. The fraction of sp³-hybridized carbons (Fsp3) is 0.357. The van der Waals surface area contributed by atoms with Gasteiger partial charge >= 0.3 is 0 Å². The topological polar surface area (TPSA) is 29.9 Å². The van der Waals surface area contributed by atoms with Crippen LogP contribution in [0.15, 0.2) is 36.5 Å². The molecule has 2 rings (SSSR count). The first-order valence-electron chi connectivity index (χ1n) is 6.10. The van der Waals surface area contributed by atoms with E-state index in [1.807, 2.05) is 25.4 Å². The van der Waals surface area contributed by atoms with Gasteiger partial charge < -0.3 is 5.32 Å². The van der Waals surface area contributed by atoms with Gasteiger partial charge in [-0.25, -0.2) is 4.39 Å². The summed E-state index contributed by atoms with van der Waals surface area (Å²) >= 11 is 0. The molecule has 1 unspecified atom stereocenters. The molecule has 4 heteroatoms. The Morgan fingerprint density at radius 1 is 1.39 bits per heavy atom. The molecule has 0 aliphatic rings. The highest BCUT2D eigenvalue weighted by Crippen LogP contribution is 2.06. The van der Waals surface area contributed by atoms with E-state index in [0.717, 1.165) is 24.2 Å². The number of hydrogen-bond donors (Lipinski definition) is 1. The summed E-state index contributed by atoms with van der Waals surface area (Å²) in [4.78, 5) is 0. The second-order valence-corrected chi connectivity index (χ2v) is 4.60. The summed E-state index contributed by atoms with van der Waals surface area (Å²) < 4.78 is 14.8. The van der Waals surface area contributed by atoms with Crippen molar-refractivity contribution in [2.24, 2.45) is 7.05 Å². The molecule has 1 heterocycles. The zero-order chi connectivity index (χ0) is 13.0. The van der Waals surface area contributed by atoms with Gasteiger partial charge in [-0.2, -0.15) is 5.10 Å². The lowest BCUT2D eigenvalue weighted by Crippen LogP contribution is -2.27. The standard InChI is InChI=1S/C14H18FN3/c1-11(8-12-4-3-5-13(15)9-12)16-10-14-6-7-18(2)17-14/h3-7,9,11,16H,8,10H2,1-2H3. The van der Waals surface area contributed by atoms with Crippen LogP contribution in [0.2, 0.25) is 0 Å². The minimum Gasteiger partial charge on any atom is -0.308 e. The average molecular weight is 247 g/mol. The Morgan fingerprint density at radius 3 is 2.89 bits per heavy atom. The molecule has 0 saturated heterocycles. The molecule has 1 N–H and O–H groups in total. The van der Waals surface area contributed by atoms with Crippen molar-refractivity contribution in [3.05, 3.63) is 53.6 Å². The van der Waals surface area contributed by atoms with Crippen LogP contribution in [0.3, 0.4) is 0 Å². The lowest BCUT2D eigenvalue weighted by Gasteiger charge is -2.12. The van der Waals surface area contributed by atoms with Crippen LogP contribution >= 0.6 is 0 Å². The van der Waals surface area contributed by atoms with Crippen LogP contribution in [0.4, 0.5) is 4.39 Å². The van der Waals surface area contributed by atoms with E-state index < -0.39 is 0 Å². The second kappa shape index (κ2) is 5.78. The summed E-state index contributed by atoms with van der Waals surface area (Å²) in [5.74, 6) is -0.176. The van der Waals surface area contributed by atoms with Gasteiger partial charge in [0, 0.05) is 25.8 Å². The van der Waals surface area contributed by atoms with Gasteiger partial charge in [-0.15, -0.1) is 0 Å². The van der Waals surface area contributed by atoms with Crippen LogP contribution in [0, 0.1) is 5.82 Å². The Hall–Kier alpha value is -1.68. The highest BCUT2D eigenvalue weighted by molar-refractivity contribution is 5.17. The summed E-state index contributed by atoms with van der Waals surface area (Å²) in [6.07, 6.45) is 2.73. The number of rotatable bonds is 5. The third-order valence-corrected chi connectivity index (χ3v) is 2.83. The molecule has 0 bridgehead atoms. The maximum Gasteiger partial charge on any atom is 0.123 e. The third kappa shape index (κ3) is 3.67. The van der Waals surface area contributed by atoms with Gasteiger partial charge in [0.15, 0.2) is 0 Å². The van der Waals surface area contributed by atoms with Gasteiger partial charge in [-0.1, -0.05) is 12.1 Å². The van der Waals surface area contributed by atoms with Crippen molar-refractivity contribution in [1.82, 2.24) is 15.1 Å². The Balaban J connectivity index is 1.83. The number of hydrogen-bond acceptors (Lipinski definition) is 2. The molecule has 0 aliphatic heterocycles. The summed E-state index contributed by atoms with van der Waals surface area (Å²) in [5, 5.41) is 7.68.